The third kappa shape index (κ3) is 3.87. The number of nitrogens with one attached hydrogen (secondary N) is 1. The molecule has 0 unspecified atom stereocenters. The van der Waals surface area contributed by atoms with Crippen molar-refractivity contribution < 1.29 is 13.9 Å². The van der Waals surface area contributed by atoms with Crippen molar-refractivity contribution in [2.75, 3.05) is 0 Å². The summed E-state index contributed by atoms with van der Waals surface area (Å²) >= 11 is 5.97. The van der Waals surface area contributed by atoms with Crippen molar-refractivity contribution in [3.63, 3.8) is 0 Å². The maximum absolute atomic E-state index is 14.0. The minimum Gasteiger partial charge on any atom is -0.487 e. The van der Waals surface area contributed by atoms with Crippen LogP contribution >= 0.6 is 11.6 Å². The number of fused-ring (bicyclic) bond motifs is 1. The number of benzene rings is 2. The summed E-state index contributed by atoms with van der Waals surface area (Å²) in [6, 6.07) is 14.2. The van der Waals surface area contributed by atoms with Gasteiger partial charge in [-0.15, -0.1) is 0 Å². The summed E-state index contributed by atoms with van der Waals surface area (Å²) in [6.07, 6.45) is 1.65. The first kappa shape index (κ1) is 17.8. The molecule has 0 amide bonds. The number of halogens is 2. The molecule has 8 heteroatoms. The lowest BCUT2D eigenvalue weighted by Crippen LogP contribution is -1.97. The summed E-state index contributed by atoms with van der Waals surface area (Å²) < 4.78 is 25.3. The average Bonchev–Trinajstić information content (AvgIpc) is 3.08. The summed E-state index contributed by atoms with van der Waals surface area (Å²) in [7, 11) is 0. The van der Waals surface area contributed by atoms with E-state index in [4.69, 9.17) is 26.3 Å². The normalized spacial score (nSPS) is 10.6. The average molecular weight is 395 g/mol. The number of nitrogens with zero attached hydrogens (tertiary/aromatic N) is 3. The molecule has 0 fully saturated rings. The Labute approximate surface area is 164 Å². The van der Waals surface area contributed by atoms with Crippen LogP contribution in [-0.4, -0.2) is 15.2 Å². The molecule has 28 heavy (non-hydrogen) atoms. The van der Waals surface area contributed by atoms with Gasteiger partial charge in [-0.05, 0) is 30.3 Å². The van der Waals surface area contributed by atoms with Crippen LogP contribution in [0.5, 0.6) is 17.2 Å². The smallest absolute Gasteiger partial charge is 0.181 e. The van der Waals surface area contributed by atoms with Crippen LogP contribution in [0.4, 0.5) is 4.39 Å². The van der Waals surface area contributed by atoms with E-state index in [-0.39, 0.29) is 18.1 Å². The molecule has 0 atom stereocenters. The fourth-order valence-electron chi connectivity index (χ4n) is 2.67. The predicted molar refractivity (Wildman–Crippen MR) is 101 cm³/mol. The van der Waals surface area contributed by atoms with Gasteiger partial charge in [0, 0.05) is 34.8 Å². The Kier molecular flexibility index (Phi) is 4.79. The number of aromatic amines is 1. The molecule has 0 aliphatic carbocycles. The highest BCUT2D eigenvalue weighted by molar-refractivity contribution is 6.30. The molecule has 0 radical (unpaired) electrons. The van der Waals surface area contributed by atoms with Gasteiger partial charge in [0.2, 0.25) is 0 Å². The van der Waals surface area contributed by atoms with Crippen molar-refractivity contribution in [2.24, 2.45) is 0 Å². The second-order valence-corrected chi connectivity index (χ2v) is 6.31. The number of hydrogen-bond donors (Lipinski definition) is 1. The van der Waals surface area contributed by atoms with E-state index in [9.17, 15) is 4.39 Å². The van der Waals surface area contributed by atoms with Crippen molar-refractivity contribution in [3.8, 4) is 23.3 Å². The van der Waals surface area contributed by atoms with Crippen LogP contribution in [0.3, 0.4) is 0 Å². The molecule has 2 aromatic heterocycles. The second kappa shape index (κ2) is 7.55. The lowest BCUT2D eigenvalue weighted by atomic mass is 10.2. The first-order chi connectivity index (χ1) is 13.6. The number of rotatable bonds is 5. The van der Waals surface area contributed by atoms with Gasteiger partial charge in [0.15, 0.2) is 5.65 Å². The van der Waals surface area contributed by atoms with E-state index >= 15 is 0 Å². The summed E-state index contributed by atoms with van der Waals surface area (Å²) in [5.41, 5.74) is 1.65. The van der Waals surface area contributed by atoms with Gasteiger partial charge in [-0.3, -0.25) is 5.10 Å². The fraction of sp³-hybridized carbons (Fsp3) is 0.0500. The Morgan fingerprint density at radius 3 is 2.79 bits per heavy atom. The molecule has 6 nitrogen and oxygen atoms in total. The van der Waals surface area contributed by atoms with E-state index < -0.39 is 5.82 Å². The highest BCUT2D eigenvalue weighted by Crippen LogP contribution is 2.30. The molecular formula is C20H12ClFN4O2. The summed E-state index contributed by atoms with van der Waals surface area (Å²) in [4.78, 5) is 4.14. The van der Waals surface area contributed by atoms with E-state index in [1.165, 1.54) is 30.3 Å². The SMILES string of the molecule is N#Cc1cc(Cl)cc(Oc2cc(F)cc(OCc3[nH]nc4ncccc34)c2)c1. The molecule has 0 aliphatic rings. The van der Waals surface area contributed by atoms with Crippen molar-refractivity contribution in [3.05, 3.63) is 76.8 Å². The van der Waals surface area contributed by atoms with Gasteiger partial charge < -0.3 is 9.47 Å². The molecule has 4 rings (SSSR count). The second-order valence-electron chi connectivity index (χ2n) is 5.88. The maximum atomic E-state index is 14.0. The zero-order valence-corrected chi connectivity index (χ0v) is 15.1. The largest absolute Gasteiger partial charge is 0.487 e. The molecule has 0 saturated heterocycles. The Morgan fingerprint density at radius 2 is 1.93 bits per heavy atom. The highest BCUT2D eigenvalue weighted by Gasteiger charge is 2.09. The monoisotopic (exact) mass is 394 g/mol. The quantitative estimate of drug-likeness (QED) is 0.515. The van der Waals surface area contributed by atoms with Gasteiger partial charge in [0.25, 0.3) is 0 Å². The van der Waals surface area contributed by atoms with Crippen LogP contribution in [0.1, 0.15) is 11.3 Å². The predicted octanol–water partition coefficient (Wildman–Crippen LogP) is 4.99. The van der Waals surface area contributed by atoms with Gasteiger partial charge in [0.1, 0.15) is 29.7 Å². The Hall–Kier alpha value is -3.63. The minimum atomic E-state index is -0.522. The third-order valence-corrected chi connectivity index (χ3v) is 4.09. The molecule has 0 bridgehead atoms. The van der Waals surface area contributed by atoms with Gasteiger partial charge in [-0.2, -0.15) is 10.4 Å². The lowest BCUT2D eigenvalue weighted by Gasteiger charge is -2.10. The van der Waals surface area contributed by atoms with E-state index in [2.05, 4.69) is 15.2 Å². The standard InChI is InChI=1S/C20H12ClFN4O2/c21-13-4-12(10-23)5-16(6-13)28-17-8-14(22)7-15(9-17)27-11-19-18-2-1-3-24-20(18)26-25-19/h1-9H,11H2,(H,24,25,26). The Morgan fingerprint density at radius 1 is 1.11 bits per heavy atom. The fourth-order valence-corrected chi connectivity index (χ4v) is 2.89. The van der Waals surface area contributed by atoms with Crippen molar-refractivity contribution in [1.82, 2.24) is 15.2 Å². The summed E-state index contributed by atoms with van der Waals surface area (Å²) in [5.74, 6) is 0.305. The first-order valence-corrected chi connectivity index (χ1v) is 8.58. The van der Waals surface area contributed by atoms with Crippen LogP contribution in [-0.2, 0) is 6.61 Å². The number of hydrogen-bond acceptors (Lipinski definition) is 5. The maximum Gasteiger partial charge on any atom is 0.181 e. The minimum absolute atomic E-state index is 0.154. The van der Waals surface area contributed by atoms with Gasteiger partial charge in [-0.25, -0.2) is 9.37 Å². The molecule has 2 aromatic carbocycles. The van der Waals surface area contributed by atoms with Crippen LogP contribution in [0.15, 0.2) is 54.7 Å². The van der Waals surface area contributed by atoms with E-state index in [0.717, 1.165) is 11.1 Å². The molecule has 138 valence electrons. The van der Waals surface area contributed by atoms with Crippen molar-refractivity contribution in [1.29, 1.82) is 5.26 Å². The zero-order chi connectivity index (χ0) is 19.5. The van der Waals surface area contributed by atoms with Gasteiger partial charge in [0.05, 0.1) is 17.3 Å². The number of nitriles is 1. The molecule has 0 aliphatic heterocycles. The van der Waals surface area contributed by atoms with Crippen LogP contribution in [0.2, 0.25) is 5.02 Å². The summed E-state index contributed by atoms with van der Waals surface area (Å²) in [6.45, 7) is 0.154. The summed E-state index contributed by atoms with van der Waals surface area (Å²) in [5, 5.41) is 17.2. The molecule has 1 N–H and O–H groups in total. The number of aromatic nitrogens is 3. The molecule has 4 aromatic rings. The third-order valence-electron chi connectivity index (χ3n) is 3.87. The van der Waals surface area contributed by atoms with Crippen molar-refractivity contribution >= 4 is 22.6 Å². The molecule has 0 saturated carbocycles. The van der Waals surface area contributed by atoms with Crippen LogP contribution < -0.4 is 9.47 Å². The number of H-pyrrole nitrogens is 1. The zero-order valence-electron chi connectivity index (χ0n) is 14.3. The topological polar surface area (TPSA) is 83.8 Å². The molecule has 2 heterocycles. The van der Waals surface area contributed by atoms with Gasteiger partial charge in [-0.1, -0.05) is 11.6 Å². The van der Waals surface area contributed by atoms with Gasteiger partial charge >= 0.3 is 0 Å². The van der Waals surface area contributed by atoms with E-state index in [1.54, 1.807) is 18.3 Å². The van der Waals surface area contributed by atoms with Crippen LogP contribution in [0.25, 0.3) is 11.0 Å². The first-order valence-electron chi connectivity index (χ1n) is 8.20. The van der Waals surface area contributed by atoms with Crippen LogP contribution in [0, 0.1) is 17.1 Å². The van der Waals surface area contributed by atoms with E-state index in [0.29, 0.717) is 22.0 Å². The lowest BCUT2D eigenvalue weighted by molar-refractivity contribution is 0.299. The number of ether oxygens (including phenoxy) is 2. The molecular weight excluding hydrogens is 383 g/mol. The van der Waals surface area contributed by atoms with E-state index in [1.807, 2.05) is 12.1 Å². The number of pyridine rings is 1. The Bertz CT molecular complexity index is 1200. The highest BCUT2D eigenvalue weighted by atomic mass is 35.5. The Balaban J connectivity index is 1.54. The van der Waals surface area contributed by atoms with Crippen molar-refractivity contribution in [2.45, 2.75) is 6.61 Å². The molecule has 0 spiro atoms.